The van der Waals surface area contributed by atoms with Gasteiger partial charge >= 0.3 is 0 Å². The van der Waals surface area contributed by atoms with E-state index in [0.717, 1.165) is 32.7 Å². The minimum Gasteiger partial charge on any atom is -0.325 e. The van der Waals surface area contributed by atoms with Crippen LogP contribution in [0.4, 0.5) is 5.69 Å². The quantitative estimate of drug-likeness (QED) is 0.782. The number of nitrogens with zero attached hydrogens (tertiary/aromatic N) is 2. The fourth-order valence-electron chi connectivity index (χ4n) is 3.61. The molecule has 1 atom stereocenters. The second-order valence-electron chi connectivity index (χ2n) is 7.60. The van der Waals surface area contributed by atoms with E-state index < -0.39 is 0 Å². The summed E-state index contributed by atoms with van der Waals surface area (Å²) in [6.07, 6.45) is 0. The Balaban J connectivity index is 1.51. The van der Waals surface area contributed by atoms with Crippen LogP contribution in [-0.2, 0) is 11.3 Å². The number of amides is 1. The van der Waals surface area contributed by atoms with Gasteiger partial charge in [-0.15, -0.1) is 0 Å². The maximum Gasteiger partial charge on any atom is 0.241 e. The molecule has 0 unspecified atom stereocenters. The third-order valence-electron chi connectivity index (χ3n) is 5.36. The largest absolute Gasteiger partial charge is 0.325 e. The highest BCUT2D eigenvalue weighted by Gasteiger charge is 2.25. The standard InChI is InChI=1S/C23H29N3O2/c1-17-6-4-7-20(14-17)16-25-10-12-26(13-11-25)18(2)23(28)24-22-9-5-8-21(15-22)19(3)27/h4-9,14-15,18H,10-13,16H2,1-3H3,(H,24,28)/t18-/m0/s1. The Bertz CT molecular complexity index is 841. The summed E-state index contributed by atoms with van der Waals surface area (Å²) in [6.45, 7) is 10.2. The molecule has 2 aromatic carbocycles. The van der Waals surface area contributed by atoms with Crippen LogP contribution in [-0.4, -0.2) is 53.7 Å². The minimum atomic E-state index is -0.206. The number of benzene rings is 2. The van der Waals surface area contributed by atoms with Crippen molar-refractivity contribution in [1.82, 2.24) is 9.80 Å². The summed E-state index contributed by atoms with van der Waals surface area (Å²) < 4.78 is 0. The van der Waals surface area contributed by atoms with Gasteiger partial charge in [-0.25, -0.2) is 0 Å². The van der Waals surface area contributed by atoms with Gasteiger partial charge in [-0.3, -0.25) is 19.4 Å². The third-order valence-corrected chi connectivity index (χ3v) is 5.36. The Morgan fingerprint density at radius 2 is 1.75 bits per heavy atom. The van der Waals surface area contributed by atoms with E-state index in [-0.39, 0.29) is 17.7 Å². The summed E-state index contributed by atoms with van der Waals surface area (Å²) in [7, 11) is 0. The molecule has 0 spiro atoms. The van der Waals surface area contributed by atoms with Crippen molar-refractivity contribution in [2.75, 3.05) is 31.5 Å². The fourth-order valence-corrected chi connectivity index (χ4v) is 3.61. The van der Waals surface area contributed by atoms with Gasteiger partial charge in [0.15, 0.2) is 5.78 Å². The van der Waals surface area contributed by atoms with E-state index in [1.807, 2.05) is 13.0 Å². The summed E-state index contributed by atoms with van der Waals surface area (Å²) in [6, 6.07) is 15.5. The first kappa shape index (κ1) is 20.2. The van der Waals surface area contributed by atoms with Gasteiger partial charge in [-0.2, -0.15) is 0 Å². The van der Waals surface area contributed by atoms with Crippen LogP contribution >= 0.6 is 0 Å². The number of anilines is 1. The van der Waals surface area contributed by atoms with Gasteiger partial charge in [0.05, 0.1) is 6.04 Å². The Labute approximate surface area is 167 Å². The van der Waals surface area contributed by atoms with Gasteiger partial charge in [0, 0.05) is 44.0 Å². The number of carbonyl (C=O) groups is 2. The van der Waals surface area contributed by atoms with E-state index in [9.17, 15) is 9.59 Å². The molecule has 1 N–H and O–H groups in total. The Kier molecular flexibility index (Phi) is 6.60. The number of carbonyl (C=O) groups excluding carboxylic acids is 2. The van der Waals surface area contributed by atoms with Crippen molar-refractivity contribution in [3.05, 3.63) is 65.2 Å². The molecule has 28 heavy (non-hydrogen) atoms. The summed E-state index contributed by atoms with van der Waals surface area (Å²) >= 11 is 0. The number of rotatable bonds is 6. The van der Waals surface area contributed by atoms with E-state index >= 15 is 0 Å². The number of piperazine rings is 1. The van der Waals surface area contributed by atoms with E-state index in [0.29, 0.717) is 11.3 Å². The molecular formula is C23H29N3O2. The second kappa shape index (κ2) is 9.13. The number of aryl methyl sites for hydroxylation is 1. The predicted octanol–water partition coefficient (Wildman–Crippen LogP) is 3.34. The van der Waals surface area contributed by atoms with E-state index in [1.165, 1.54) is 18.1 Å². The van der Waals surface area contributed by atoms with Gasteiger partial charge in [0.25, 0.3) is 0 Å². The first-order chi connectivity index (χ1) is 13.4. The molecule has 0 radical (unpaired) electrons. The molecule has 1 heterocycles. The number of ketones is 1. The molecule has 1 saturated heterocycles. The molecule has 1 amide bonds. The number of hydrogen-bond donors (Lipinski definition) is 1. The molecule has 5 heteroatoms. The van der Waals surface area contributed by atoms with E-state index in [2.05, 4.69) is 46.3 Å². The van der Waals surface area contributed by atoms with Crippen LogP contribution in [0.1, 0.15) is 35.3 Å². The highest BCUT2D eigenvalue weighted by atomic mass is 16.2. The van der Waals surface area contributed by atoms with Crippen molar-refractivity contribution in [3.63, 3.8) is 0 Å². The van der Waals surface area contributed by atoms with Crippen LogP contribution in [0.3, 0.4) is 0 Å². The molecule has 0 bridgehead atoms. The summed E-state index contributed by atoms with van der Waals surface area (Å²) in [4.78, 5) is 28.8. The van der Waals surface area contributed by atoms with Gasteiger partial charge < -0.3 is 5.32 Å². The van der Waals surface area contributed by atoms with Crippen molar-refractivity contribution < 1.29 is 9.59 Å². The molecule has 1 fully saturated rings. The summed E-state index contributed by atoms with van der Waals surface area (Å²) in [5.41, 5.74) is 3.90. The molecule has 0 saturated carbocycles. The molecule has 5 nitrogen and oxygen atoms in total. The Hall–Kier alpha value is -2.50. The molecule has 0 aliphatic carbocycles. The first-order valence-electron chi connectivity index (χ1n) is 9.86. The van der Waals surface area contributed by atoms with E-state index in [1.54, 1.807) is 18.2 Å². The number of nitrogens with one attached hydrogen (secondary N) is 1. The second-order valence-corrected chi connectivity index (χ2v) is 7.60. The van der Waals surface area contributed by atoms with Crippen LogP contribution in [0, 0.1) is 6.92 Å². The molecule has 148 valence electrons. The molecule has 3 rings (SSSR count). The van der Waals surface area contributed by atoms with Gasteiger partial charge in [0.1, 0.15) is 0 Å². The van der Waals surface area contributed by atoms with Gasteiger partial charge in [-0.1, -0.05) is 42.0 Å². The Morgan fingerprint density at radius 3 is 2.43 bits per heavy atom. The van der Waals surface area contributed by atoms with Gasteiger partial charge in [-0.05, 0) is 38.5 Å². The highest BCUT2D eigenvalue weighted by molar-refractivity contribution is 5.98. The smallest absolute Gasteiger partial charge is 0.241 e. The highest BCUT2D eigenvalue weighted by Crippen LogP contribution is 2.15. The van der Waals surface area contributed by atoms with Crippen molar-refractivity contribution in [1.29, 1.82) is 0 Å². The minimum absolute atomic E-state index is 0.00567. The molecule has 1 aliphatic rings. The van der Waals surface area contributed by atoms with Crippen LogP contribution < -0.4 is 5.32 Å². The van der Waals surface area contributed by atoms with Crippen molar-refractivity contribution in [2.24, 2.45) is 0 Å². The zero-order chi connectivity index (χ0) is 20.1. The maximum absolute atomic E-state index is 12.7. The van der Waals surface area contributed by atoms with Crippen LogP contribution in [0.5, 0.6) is 0 Å². The van der Waals surface area contributed by atoms with Crippen molar-refractivity contribution in [2.45, 2.75) is 33.4 Å². The summed E-state index contributed by atoms with van der Waals surface area (Å²) in [5, 5.41) is 2.95. The van der Waals surface area contributed by atoms with Crippen LogP contribution in [0.25, 0.3) is 0 Å². The lowest BCUT2D eigenvalue weighted by Gasteiger charge is -2.37. The predicted molar refractivity (Wildman–Crippen MR) is 113 cm³/mol. The topological polar surface area (TPSA) is 52.7 Å². The van der Waals surface area contributed by atoms with Crippen LogP contribution in [0.2, 0.25) is 0 Å². The molecule has 1 aliphatic heterocycles. The van der Waals surface area contributed by atoms with E-state index in [4.69, 9.17) is 0 Å². The maximum atomic E-state index is 12.7. The zero-order valence-electron chi connectivity index (χ0n) is 16.9. The normalized spacial score (nSPS) is 16.5. The Morgan fingerprint density at radius 1 is 1.04 bits per heavy atom. The molecule has 2 aromatic rings. The average Bonchev–Trinajstić information content (AvgIpc) is 2.68. The van der Waals surface area contributed by atoms with Gasteiger partial charge in [0.2, 0.25) is 5.91 Å². The first-order valence-corrected chi connectivity index (χ1v) is 9.86. The van der Waals surface area contributed by atoms with Crippen molar-refractivity contribution in [3.8, 4) is 0 Å². The SMILES string of the molecule is CC(=O)c1cccc(NC(=O)[C@H](C)N2CCN(Cc3cccc(C)c3)CC2)c1. The number of Topliss-reactive ketones (excluding diaryl/α,β-unsaturated/α-hetero) is 1. The fraction of sp³-hybridized carbons (Fsp3) is 0.391. The monoisotopic (exact) mass is 379 g/mol. The van der Waals surface area contributed by atoms with Crippen molar-refractivity contribution >= 4 is 17.4 Å². The third kappa shape index (κ3) is 5.27. The molecule has 0 aromatic heterocycles. The number of hydrogen-bond acceptors (Lipinski definition) is 4. The zero-order valence-corrected chi connectivity index (χ0v) is 16.9. The molecular weight excluding hydrogens is 350 g/mol. The average molecular weight is 380 g/mol. The lowest BCUT2D eigenvalue weighted by molar-refractivity contribution is -0.121. The lowest BCUT2D eigenvalue weighted by Crippen LogP contribution is -2.52. The summed E-state index contributed by atoms with van der Waals surface area (Å²) in [5.74, 6) is -0.0401. The van der Waals surface area contributed by atoms with Crippen LogP contribution in [0.15, 0.2) is 48.5 Å². The lowest BCUT2D eigenvalue weighted by atomic mass is 10.1.